The van der Waals surface area contributed by atoms with Crippen molar-refractivity contribution < 1.29 is 13.9 Å². The van der Waals surface area contributed by atoms with Gasteiger partial charge in [-0.2, -0.15) is 5.10 Å². The third kappa shape index (κ3) is 3.90. The summed E-state index contributed by atoms with van der Waals surface area (Å²) in [6.07, 6.45) is 0. The Bertz CT molecular complexity index is 976. The first-order chi connectivity index (χ1) is 13.6. The van der Waals surface area contributed by atoms with Crippen LogP contribution in [0, 0.1) is 0 Å². The number of nitrogens with zero attached hydrogens (tertiary/aromatic N) is 4. The lowest BCUT2D eigenvalue weighted by Crippen LogP contribution is -2.41. The number of nitrogens with one attached hydrogen (secondary N) is 2. The molecular weight excluding hydrogens is 363 g/mol. The Balaban J connectivity index is 1.44. The molecule has 0 spiro atoms. The number of carbonyl (C=O) groups excluding carboxylic acids is 1. The quantitative estimate of drug-likeness (QED) is 0.670. The first-order valence-corrected chi connectivity index (χ1v) is 9.31. The molecule has 1 amide bonds. The lowest BCUT2D eigenvalue weighted by Gasteiger charge is -2.26. The van der Waals surface area contributed by atoms with Gasteiger partial charge in [-0.05, 0) is 24.3 Å². The molecule has 0 aliphatic carbocycles. The fourth-order valence-corrected chi connectivity index (χ4v) is 3.34. The van der Waals surface area contributed by atoms with Crippen molar-refractivity contribution in [3.05, 3.63) is 35.7 Å². The molecule has 28 heavy (non-hydrogen) atoms. The number of hydrogen-bond donors (Lipinski definition) is 2. The number of halogens is 1. The van der Waals surface area contributed by atoms with E-state index in [1.165, 1.54) is 0 Å². The number of rotatable bonds is 6. The van der Waals surface area contributed by atoms with Crippen LogP contribution in [0.1, 0.15) is 16.2 Å². The fourth-order valence-electron chi connectivity index (χ4n) is 3.34. The third-order valence-electron chi connectivity index (χ3n) is 4.88. The van der Waals surface area contributed by atoms with Gasteiger partial charge in [0.15, 0.2) is 5.69 Å². The molecule has 3 aromatic heterocycles. The van der Waals surface area contributed by atoms with Crippen LogP contribution in [0.5, 0.6) is 0 Å². The average molecular weight is 386 g/mol. The van der Waals surface area contributed by atoms with E-state index in [0.29, 0.717) is 23.4 Å². The van der Waals surface area contributed by atoms with Gasteiger partial charge in [0, 0.05) is 33.2 Å². The number of aromatic nitrogens is 4. The molecular formula is C19H23FN6O2. The number of hydrogen-bond acceptors (Lipinski definition) is 5. The number of fused-ring (bicyclic) bond motifs is 1. The number of alkyl halides is 1. The molecule has 1 saturated heterocycles. The van der Waals surface area contributed by atoms with E-state index in [2.05, 4.69) is 25.3 Å². The minimum absolute atomic E-state index is 0.205. The van der Waals surface area contributed by atoms with E-state index in [1.807, 2.05) is 6.07 Å². The molecule has 1 fully saturated rings. The summed E-state index contributed by atoms with van der Waals surface area (Å²) in [5.41, 5.74) is 3.78. The monoisotopic (exact) mass is 386 g/mol. The molecule has 9 heteroatoms. The number of carbonyl (C=O) groups is 1. The molecule has 3 aromatic rings. The van der Waals surface area contributed by atoms with Crippen molar-refractivity contribution in [2.24, 2.45) is 7.05 Å². The topological polar surface area (TPSA) is 88.1 Å². The fraction of sp³-hybridized carbons (Fsp3) is 0.421. The molecule has 1 aliphatic heterocycles. The number of pyridine rings is 1. The number of ether oxygens (including phenoxy) is 1. The first-order valence-electron chi connectivity index (χ1n) is 9.31. The average Bonchev–Trinajstić information content (AvgIpc) is 3.31. The van der Waals surface area contributed by atoms with E-state index in [-0.39, 0.29) is 5.91 Å². The second-order valence-electron chi connectivity index (χ2n) is 6.80. The molecule has 148 valence electrons. The minimum Gasteiger partial charge on any atom is -0.379 e. The van der Waals surface area contributed by atoms with Crippen molar-refractivity contribution >= 4 is 16.9 Å². The van der Waals surface area contributed by atoms with Gasteiger partial charge in [-0.25, -0.2) is 9.37 Å². The molecule has 0 unspecified atom stereocenters. The molecule has 1 aliphatic rings. The van der Waals surface area contributed by atoms with Gasteiger partial charge in [-0.3, -0.25) is 14.4 Å². The normalized spacial score (nSPS) is 15.2. The Labute approximate surface area is 161 Å². The van der Waals surface area contributed by atoms with Crippen LogP contribution in [0.15, 0.2) is 24.3 Å². The summed E-state index contributed by atoms with van der Waals surface area (Å²) >= 11 is 0. The maximum atomic E-state index is 12.8. The summed E-state index contributed by atoms with van der Waals surface area (Å²) in [5.74, 6) is -0.205. The van der Waals surface area contributed by atoms with Crippen LogP contribution in [0.3, 0.4) is 0 Å². The lowest BCUT2D eigenvalue weighted by atomic mass is 10.2. The van der Waals surface area contributed by atoms with Crippen molar-refractivity contribution in [3.8, 4) is 11.4 Å². The van der Waals surface area contributed by atoms with Crippen molar-refractivity contribution in [1.82, 2.24) is 30.0 Å². The maximum Gasteiger partial charge on any atom is 0.271 e. The van der Waals surface area contributed by atoms with Gasteiger partial charge in [0.1, 0.15) is 6.67 Å². The van der Waals surface area contributed by atoms with Gasteiger partial charge in [-0.1, -0.05) is 0 Å². The molecule has 0 saturated carbocycles. The van der Waals surface area contributed by atoms with Gasteiger partial charge >= 0.3 is 0 Å². The number of H-pyrrole nitrogens is 1. The number of aromatic amines is 1. The summed E-state index contributed by atoms with van der Waals surface area (Å²) in [6.45, 7) is 4.01. The van der Waals surface area contributed by atoms with Gasteiger partial charge in [0.2, 0.25) is 0 Å². The van der Waals surface area contributed by atoms with Crippen LogP contribution in [0.2, 0.25) is 0 Å². The van der Waals surface area contributed by atoms with Crippen LogP contribution in [0.4, 0.5) is 4.39 Å². The molecule has 0 atom stereocenters. The van der Waals surface area contributed by atoms with Crippen molar-refractivity contribution in [2.45, 2.75) is 6.67 Å². The zero-order chi connectivity index (χ0) is 19.5. The highest BCUT2D eigenvalue weighted by molar-refractivity contribution is 5.93. The summed E-state index contributed by atoms with van der Waals surface area (Å²) < 4.78 is 19.8. The number of aryl methyl sites for hydroxylation is 1. The highest BCUT2D eigenvalue weighted by atomic mass is 19.1. The zero-order valence-corrected chi connectivity index (χ0v) is 15.7. The first kappa shape index (κ1) is 18.6. The van der Waals surface area contributed by atoms with Crippen LogP contribution in [-0.2, 0) is 18.5 Å². The van der Waals surface area contributed by atoms with Gasteiger partial charge in [0.05, 0.1) is 41.3 Å². The summed E-state index contributed by atoms with van der Waals surface area (Å²) in [5, 5.41) is 7.25. The Morgan fingerprint density at radius 3 is 2.93 bits per heavy atom. The van der Waals surface area contributed by atoms with Crippen molar-refractivity contribution in [2.75, 3.05) is 39.4 Å². The number of amides is 1. The molecule has 0 radical (unpaired) electrons. The Kier molecular flexibility index (Phi) is 5.36. The largest absolute Gasteiger partial charge is 0.379 e. The molecule has 0 bridgehead atoms. The predicted molar refractivity (Wildman–Crippen MR) is 103 cm³/mol. The van der Waals surface area contributed by atoms with Gasteiger partial charge in [0.25, 0.3) is 5.91 Å². The van der Waals surface area contributed by atoms with Crippen molar-refractivity contribution in [3.63, 3.8) is 0 Å². The van der Waals surface area contributed by atoms with E-state index in [0.717, 1.165) is 49.8 Å². The predicted octanol–water partition coefficient (Wildman–Crippen LogP) is 1.49. The summed E-state index contributed by atoms with van der Waals surface area (Å²) in [4.78, 5) is 22.2. The van der Waals surface area contributed by atoms with Crippen LogP contribution >= 0.6 is 0 Å². The highest BCUT2D eigenvalue weighted by Crippen LogP contribution is 2.24. The molecule has 4 heterocycles. The Morgan fingerprint density at radius 1 is 1.32 bits per heavy atom. The van der Waals surface area contributed by atoms with E-state index < -0.39 is 6.67 Å². The standard InChI is InChI=1S/C19H23FN6O2/c1-25-18(16-10-15-14(23-16)3-2-13(12-20)22-15)11-17(24-25)19(27)21-4-5-26-6-8-28-9-7-26/h2-3,10-11,23H,4-9,12H2,1H3,(H,21,27). The van der Waals surface area contributed by atoms with Crippen LogP contribution in [-0.4, -0.2) is 69.9 Å². The van der Waals surface area contributed by atoms with Crippen LogP contribution in [0.25, 0.3) is 22.4 Å². The summed E-state index contributed by atoms with van der Waals surface area (Å²) in [6, 6.07) is 7.03. The SMILES string of the molecule is Cn1nc(C(=O)NCCN2CCOCC2)cc1-c1cc2nc(CF)ccc2[nH]1. The Hall–Kier alpha value is -2.78. The highest BCUT2D eigenvalue weighted by Gasteiger charge is 2.16. The van der Waals surface area contributed by atoms with Gasteiger partial charge in [-0.15, -0.1) is 0 Å². The van der Waals surface area contributed by atoms with E-state index >= 15 is 0 Å². The smallest absolute Gasteiger partial charge is 0.271 e. The minimum atomic E-state index is -0.600. The van der Waals surface area contributed by atoms with E-state index in [1.54, 1.807) is 29.9 Å². The van der Waals surface area contributed by atoms with Gasteiger partial charge < -0.3 is 15.0 Å². The molecule has 4 rings (SSSR count). The molecule has 2 N–H and O–H groups in total. The zero-order valence-electron chi connectivity index (χ0n) is 15.7. The summed E-state index contributed by atoms with van der Waals surface area (Å²) in [7, 11) is 1.78. The van der Waals surface area contributed by atoms with Crippen molar-refractivity contribution in [1.29, 1.82) is 0 Å². The van der Waals surface area contributed by atoms with E-state index in [9.17, 15) is 9.18 Å². The maximum absolute atomic E-state index is 12.8. The third-order valence-corrected chi connectivity index (χ3v) is 4.88. The molecule has 0 aromatic carbocycles. The number of morpholine rings is 1. The second-order valence-corrected chi connectivity index (χ2v) is 6.80. The lowest BCUT2D eigenvalue weighted by molar-refractivity contribution is 0.0383. The molecule has 8 nitrogen and oxygen atoms in total. The Morgan fingerprint density at radius 2 is 2.14 bits per heavy atom. The van der Waals surface area contributed by atoms with Crippen LogP contribution < -0.4 is 5.32 Å². The van der Waals surface area contributed by atoms with E-state index in [4.69, 9.17) is 4.74 Å². The second kappa shape index (κ2) is 8.07.